The number of hydrogen-bond donors (Lipinski definition) is 1. The van der Waals surface area contributed by atoms with Crippen LogP contribution >= 0.6 is 11.8 Å². The number of aliphatic hydroxyl groups excluding tert-OH is 1. The second kappa shape index (κ2) is 39.2. The van der Waals surface area contributed by atoms with Crippen LogP contribution in [0.4, 0.5) is 0 Å². The van der Waals surface area contributed by atoms with E-state index in [0.29, 0.717) is 11.5 Å². The fourth-order valence-corrected chi connectivity index (χ4v) is 7.39. The van der Waals surface area contributed by atoms with Gasteiger partial charge in [-0.3, -0.25) is 9.59 Å². The minimum absolute atomic E-state index is 0.0243. The summed E-state index contributed by atoms with van der Waals surface area (Å²) < 4.78 is 5.93. The second-order valence-corrected chi connectivity index (χ2v) is 15.6. The van der Waals surface area contributed by atoms with Gasteiger partial charge in [0.15, 0.2) is 5.12 Å². The molecule has 0 atom stereocenters. The fourth-order valence-electron chi connectivity index (χ4n) is 6.52. The van der Waals surface area contributed by atoms with Crippen LogP contribution in [0.2, 0.25) is 0 Å². The van der Waals surface area contributed by atoms with Crippen LogP contribution in [-0.4, -0.2) is 59.2 Å². The van der Waals surface area contributed by atoms with E-state index < -0.39 is 0 Å². The van der Waals surface area contributed by atoms with Crippen LogP contribution in [-0.2, 0) is 14.3 Å². The van der Waals surface area contributed by atoms with Gasteiger partial charge in [0.05, 0.1) is 6.61 Å². The van der Waals surface area contributed by atoms with Crippen LogP contribution in [0.3, 0.4) is 0 Å². The normalized spacial score (nSPS) is 11.6. The van der Waals surface area contributed by atoms with Crippen LogP contribution in [0.5, 0.6) is 0 Å². The molecule has 0 amide bonds. The molecule has 6 heteroatoms. The van der Waals surface area contributed by atoms with E-state index >= 15 is 0 Å². The summed E-state index contributed by atoms with van der Waals surface area (Å²) in [5.74, 6) is 1.03. The maximum absolute atomic E-state index is 12.5. The van der Waals surface area contributed by atoms with E-state index in [1.807, 2.05) is 0 Å². The van der Waals surface area contributed by atoms with Crippen molar-refractivity contribution < 1.29 is 19.4 Å². The highest BCUT2D eigenvalue weighted by Gasteiger charge is 2.14. The Balaban J connectivity index is 3.76. The lowest BCUT2D eigenvalue weighted by atomic mass is 10.0. The number of carbonyl (C=O) groups is 2. The SMILES string of the molecule is CCCCCCCSC(=O)CCCCCCCCCN(CCO)CCCCCCCCCC(=O)OC(CCCCCC)CCCCCC. The smallest absolute Gasteiger partial charge is 0.306 e. The number of thioether (sulfide) groups is 1. The van der Waals surface area contributed by atoms with E-state index in [-0.39, 0.29) is 18.7 Å². The van der Waals surface area contributed by atoms with Crippen LogP contribution in [0.15, 0.2) is 0 Å². The number of hydrogen-bond acceptors (Lipinski definition) is 6. The molecule has 0 saturated heterocycles. The molecule has 0 heterocycles. The minimum Gasteiger partial charge on any atom is -0.462 e. The molecule has 5 nitrogen and oxygen atoms in total. The molecule has 1 N–H and O–H groups in total. The summed E-state index contributed by atoms with van der Waals surface area (Å²) in [6.45, 7) is 9.95. The molecule has 0 aliphatic rings. The van der Waals surface area contributed by atoms with E-state index in [2.05, 4.69) is 25.7 Å². The molecule has 0 spiro atoms. The zero-order chi connectivity index (χ0) is 35.2. The quantitative estimate of drug-likeness (QED) is 0.0509. The monoisotopic (exact) mass is 698 g/mol. The molecule has 48 heavy (non-hydrogen) atoms. The number of ether oxygens (including phenoxy) is 1. The Morgan fingerprint density at radius 3 is 1.44 bits per heavy atom. The third kappa shape index (κ3) is 35.2. The molecular formula is C42H83NO4S. The van der Waals surface area contributed by atoms with Gasteiger partial charge in [-0.1, -0.05) is 161 Å². The molecule has 0 aromatic heterocycles. The summed E-state index contributed by atoms with van der Waals surface area (Å²) >= 11 is 1.56. The van der Waals surface area contributed by atoms with Crippen molar-refractivity contribution >= 4 is 22.8 Å². The van der Waals surface area contributed by atoms with Crippen LogP contribution in [0.1, 0.15) is 220 Å². The van der Waals surface area contributed by atoms with Crippen molar-refractivity contribution in [3.8, 4) is 0 Å². The number of rotatable bonds is 39. The summed E-state index contributed by atoms with van der Waals surface area (Å²) in [5.41, 5.74) is 0. The number of carbonyl (C=O) groups excluding carboxylic acids is 2. The summed E-state index contributed by atoms with van der Waals surface area (Å²) in [4.78, 5) is 27.0. The Labute approximate surface area is 304 Å². The lowest BCUT2D eigenvalue weighted by Gasteiger charge is -2.21. The molecule has 0 rings (SSSR count). The molecule has 0 aromatic carbocycles. The molecule has 0 saturated carbocycles. The molecular weight excluding hydrogens is 615 g/mol. The number of aliphatic hydroxyl groups is 1. The first-order valence-electron chi connectivity index (χ1n) is 21.3. The average molecular weight is 698 g/mol. The first-order chi connectivity index (χ1) is 23.6. The highest BCUT2D eigenvalue weighted by molar-refractivity contribution is 8.13. The molecule has 0 aliphatic heterocycles. The van der Waals surface area contributed by atoms with E-state index in [9.17, 15) is 14.7 Å². The van der Waals surface area contributed by atoms with E-state index in [4.69, 9.17) is 4.74 Å². The molecule has 0 radical (unpaired) electrons. The van der Waals surface area contributed by atoms with Crippen molar-refractivity contribution in [3.63, 3.8) is 0 Å². The zero-order valence-corrected chi connectivity index (χ0v) is 33.4. The molecule has 0 fully saturated rings. The van der Waals surface area contributed by atoms with Crippen molar-refractivity contribution in [2.45, 2.75) is 226 Å². The highest BCUT2D eigenvalue weighted by Crippen LogP contribution is 2.18. The summed E-state index contributed by atoms with van der Waals surface area (Å²) in [6.07, 6.45) is 36.6. The van der Waals surface area contributed by atoms with Crippen molar-refractivity contribution in [1.82, 2.24) is 4.90 Å². The van der Waals surface area contributed by atoms with Gasteiger partial charge in [-0.05, 0) is 70.9 Å². The summed E-state index contributed by atoms with van der Waals surface area (Å²) in [7, 11) is 0. The molecule has 0 unspecified atom stereocenters. The molecule has 286 valence electrons. The Morgan fingerprint density at radius 2 is 0.938 bits per heavy atom. The Bertz CT molecular complexity index is 664. The summed E-state index contributed by atoms with van der Waals surface area (Å²) in [5, 5.41) is 9.91. The average Bonchev–Trinajstić information content (AvgIpc) is 3.08. The highest BCUT2D eigenvalue weighted by atomic mass is 32.2. The standard InChI is InChI=1S/C42H83NO4S/c1-4-7-10-23-30-39-48-42(46)34-27-20-16-14-18-22-29-36-43(37-38-44)35-28-21-17-13-15-19-26-33-41(45)47-40(31-24-11-8-5-2)32-25-12-9-6-3/h40,44H,4-39H2,1-3H3. The molecule has 0 aromatic rings. The molecule has 0 aliphatic carbocycles. The largest absolute Gasteiger partial charge is 0.462 e. The van der Waals surface area contributed by atoms with Crippen molar-refractivity contribution in [2.24, 2.45) is 0 Å². The van der Waals surface area contributed by atoms with Gasteiger partial charge < -0.3 is 14.7 Å². The van der Waals surface area contributed by atoms with Gasteiger partial charge in [0.1, 0.15) is 6.10 Å². The van der Waals surface area contributed by atoms with E-state index in [1.165, 1.54) is 154 Å². The predicted molar refractivity (Wildman–Crippen MR) is 211 cm³/mol. The van der Waals surface area contributed by atoms with Crippen molar-refractivity contribution in [3.05, 3.63) is 0 Å². The maximum Gasteiger partial charge on any atom is 0.306 e. The number of unbranched alkanes of at least 4 members (excludes halogenated alkanes) is 22. The fraction of sp³-hybridized carbons (Fsp3) is 0.952. The minimum atomic E-state index is 0.0243. The third-order valence-electron chi connectivity index (χ3n) is 9.70. The van der Waals surface area contributed by atoms with Gasteiger partial charge in [-0.2, -0.15) is 0 Å². The van der Waals surface area contributed by atoms with Crippen LogP contribution in [0, 0.1) is 0 Å². The van der Waals surface area contributed by atoms with Gasteiger partial charge in [0, 0.05) is 25.1 Å². The number of nitrogens with zero attached hydrogens (tertiary/aromatic N) is 1. The number of esters is 1. The van der Waals surface area contributed by atoms with Gasteiger partial charge in [0.25, 0.3) is 0 Å². The summed E-state index contributed by atoms with van der Waals surface area (Å²) in [6, 6.07) is 0. The van der Waals surface area contributed by atoms with Crippen LogP contribution in [0.25, 0.3) is 0 Å². The van der Waals surface area contributed by atoms with Gasteiger partial charge in [0.2, 0.25) is 0 Å². The van der Waals surface area contributed by atoms with Gasteiger partial charge >= 0.3 is 5.97 Å². The van der Waals surface area contributed by atoms with Gasteiger partial charge in [-0.15, -0.1) is 0 Å². The zero-order valence-electron chi connectivity index (χ0n) is 32.6. The predicted octanol–water partition coefficient (Wildman–Crippen LogP) is 12.6. The van der Waals surface area contributed by atoms with Crippen LogP contribution < -0.4 is 0 Å². The molecule has 0 bridgehead atoms. The van der Waals surface area contributed by atoms with Crippen molar-refractivity contribution in [1.29, 1.82) is 0 Å². The first kappa shape index (κ1) is 47.4. The van der Waals surface area contributed by atoms with Gasteiger partial charge in [-0.25, -0.2) is 0 Å². The first-order valence-corrected chi connectivity index (χ1v) is 22.2. The third-order valence-corrected chi connectivity index (χ3v) is 10.7. The Hall–Kier alpha value is -0.590. The van der Waals surface area contributed by atoms with E-state index in [0.717, 1.165) is 63.9 Å². The Kier molecular flexibility index (Phi) is 38.7. The van der Waals surface area contributed by atoms with E-state index in [1.54, 1.807) is 11.8 Å². The second-order valence-electron chi connectivity index (χ2n) is 14.5. The maximum atomic E-state index is 12.5. The lowest BCUT2D eigenvalue weighted by molar-refractivity contribution is -0.150. The topological polar surface area (TPSA) is 66.8 Å². The van der Waals surface area contributed by atoms with Crippen molar-refractivity contribution in [2.75, 3.05) is 32.0 Å². The lowest BCUT2D eigenvalue weighted by Crippen LogP contribution is -2.29. The Morgan fingerprint density at radius 1 is 0.521 bits per heavy atom.